The van der Waals surface area contributed by atoms with Crippen molar-refractivity contribution < 1.29 is 23.7 Å². The highest BCUT2D eigenvalue weighted by Gasteiger charge is 2.23. The van der Waals surface area contributed by atoms with Gasteiger partial charge in [0.05, 0.1) is 13.2 Å². The molecule has 0 bridgehead atoms. The molecule has 1 aliphatic carbocycles. The molecular weight excluding hydrogens is 428 g/mol. The number of hydrogen-bond donors (Lipinski definition) is 0. The van der Waals surface area contributed by atoms with Gasteiger partial charge in [-0.1, -0.05) is 24.0 Å². The number of allylic oxidation sites excluding steroid dienone is 2. The molecule has 0 amide bonds. The molecule has 0 spiro atoms. The lowest BCUT2D eigenvalue weighted by Gasteiger charge is -2.11. The normalized spacial score (nSPS) is 15.1. The Bertz CT molecular complexity index is 1080. The second kappa shape index (κ2) is 12.2. The van der Waals surface area contributed by atoms with Gasteiger partial charge in [-0.25, -0.2) is 0 Å². The van der Waals surface area contributed by atoms with E-state index in [0.717, 1.165) is 22.3 Å². The van der Waals surface area contributed by atoms with Crippen LogP contribution in [0, 0.1) is 24.7 Å². The number of Topliss-reactive ketones (excluding diaryl/α,β-unsaturated/α-hetero) is 1. The zero-order chi connectivity index (χ0) is 24.3. The minimum atomic E-state index is 0.0382. The summed E-state index contributed by atoms with van der Waals surface area (Å²) < 4.78 is 22.4. The Morgan fingerprint density at radius 2 is 1.18 bits per heavy atom. The van der Waals surface area contributed by atoms with Gasteiger partial charge in [0, 0.05) is 11.1 Å². The Kier molecular flexibility index (Phi) is 8.83. The van der Waals surface area contributed by atoms with E-state index in [1.807, 2.05) is 62.4 Å². The fraction of sp³-hybridized carbons (Fsp3) is 0.276. The largest absolute Gasteiger partial charge is 0.490 e. The molecule has 0 aliphatic heterocycles. The molecule has 0 radical (unpaired) electrons. The van der Waals surface area contributed by atoms with Crippen molar-refractivity contribution in [2.24, 2.45) is 0 Å². The van der Waals surface area contributed by atoms with Crippen LogP contribution in [0.15, 0.2) is 47.5 Å². The Hall–Kier alpha value is -4.09. The lowest BCUT2D eigenvalue weighted by molar-refractivity contribution is -0.111. The number of terminal acetylenes is 2. The van der Waals surface area contributed by atoms with Crippen LogP contribution in [-0.4, -0.2) is 32.2 Å². The molecule has 1 fully saturated rings. The van der Waals surface area contributed by atoms with Crippen LogP contribution >= 0.6 is 0 Å². The average molecular weight is 457 g/mol. The summed E-state index contributed by atoms with van der Waals surface area (Å²) in [5, 5.41) is 0. The molecule has 3 rings (SSSR count). The Labute approximate surface area is 201 Å². The predicted octanol–water partition coefficient (Wildman–Crippen LogP) is 5.34. The maximum Gasteiger partial charge on any atom is 0.185 e. The van der Waals surface area contributed by atoms with Crippen LogP contribution in [0.3, 0.4) is 0 Å². The van der Waals surface area contributed by atoms with E-state index in [-0.39, 0.29) is 19.0 Å². The molecular formula is C29H28O5. The third kappa shape index (κ3) is 6.24. The number of ketones is 1. The van der Waals surface area contributed by atoms with Crippen LogP contribution in [0.5, 0.6) is 23.0 Å². The van der Waals surface area contributed by atoms with E-state index < -0.39 is 0 Å². The molecule has 1 saturated carbocycles. The summed E-state index contributed by atoms with van der Waals surface area (Å²) in [5.41, 5.74) is 3.25. The Morgan fingerprint density at radius 3 is 1.56 bits per heavy atom. The van der Waals surface area contributed by atoms with Gasteiger partial charge in [-0.05, 0) is 74.2 Å². The second-order valence-corrected chi connectivity index (χ2v) is 7.43. The van der Waals surface area contributed by atoms with Gasteiger partial charge in [-0.3, -0.25) is 4.79 Å². The Morgan fingerprint density at radius 1 is 0.735 bits per heavy atom. The first-order valence-electron chi connectivity index (χ1n) is 11.2. The van der Waals surface area contributed by atoms with E-state index in [1.54, 1.807) is 0 Å². The van der Waals surface area contributed by atoms with Gasteiger partial charge in [0.2, 0.25) is 0 Å². The van der Waals surface area contributed by atoms with Crippen LogP contribution in [0.1, 0.15) is 37.8 Å². The molecule has 34 heavy (non-hydrogen) atoms. The molecule has 0 unspecified atom stereocenters. The third-order valence-electron chi connectivity index (χ3n) is 5.09. The second-order valence-electron chi connectivity index (χ2n) is 7.43. The number of hydrogen-bond acceptors (Lipinski definition) is 5. The summed E-state index contributed by atoms with van der Waals surface area (Å²) in [6.07, 6.45) is 15.7. The minimum absolute atomic E-state index is 0.0382. The van der Waals surface area contributed by atoms with Crippen molar-refractivity contribution in [3.8, 4) is 47.7 Å². The van der Waals surface area contributed by atoms with Gasteiger partial charge in [-0.2, -0.15) is 0 Å². The highest BCUT2D eigenvalue weighted by Crippen LogP contribution is 2.34. The number of benzene rings is 2. The molecule has 2 aromatic carbocycles. The van der Waals surface area contributed by atoms with E-state index >= 15 is 0 Å². The van der Waals surface area contributed by atoms with Gasteiger partial charge < -0.3 is 18.9 Å². The topological polar surface area (TPSA) is 54.0 Å². The van der Waals surface area contributed by atoms with Gasteiger partial charge in [0.15, 0.2) is 28.8 Å². The smallest absolute Gasteiger partial charge is 0.185 e. The van der Waals surface area contributed by atoms with Crippen molar-refractivity contribution >= 4 is 17.9 Å². The van der Waals surface area contributed by atoms with E-state index in [1.165, 1.54) is 0 Å². The summed E-state index contributed by atoms with van der Waals surface area (Å²) in [4.78, 5) is 13.1. The summed E-state index contributed by atoms with van der Waals surface area (Å²) >= 11 is 0. The molecule has 174 valence electrons. The van der Waals surface area contributed by atoms with Gasteiger partial charge in [-0.15, -0.1) is 12.8 Å². The van der Waals surface area contributed by atoms with E-state index in [4.69, 9.17) is 31.8 Å². The number of carbonyl (C=O) groups is 1. The van der Waals surface area contributed by atoms with Gasteiger partial charge >= 0.3 is 0 Å². The zero-order valence-electron chi connectivity index (χ0n) is 19.6. The van der Waals surface area contributed by atoms with Crippen LogP contribution in [0.25, 0.3) is 12.2 Å². The number of carbonyl (C=O) groups excluding carboxylic acids is 1. The van der Waals surface area contributed by atoms with E-state index in [0.29, 0.717) is 49.1 Å². The summed E-state index contributed by atoms with van der Waals surface area (Å²) in [5.74, 6) is 7.30. The van der Waals surface area contributed by atoms with Crippen molar-refractivity contribution in [3.63, 3.8) is 0 Å². The van der Waals surface area contributed by atoms with Gasteiger partial charge in [0.25, 0.3) is 0 Å². The van der Waals surface area contributed by atoms with Crippen LogP contribution < -0.4 is 18.9 Å². The number of ether oxygens (including phenoxy) is 4. The summed E-state index contributed by atoms with van der Waals surface area (Å²) in [6.45, 7) is 5.12. The first-order valence-corrected chi connectivity index (χ1v) is 11.2. The number of rotatable bonds is 10. The summed E-state index contributed by atoms with van der Waals surface area (Å²) in [7, 11) is 0. The quantitative estimate of drug-likeness (QED) is 0.357. The molecule has 0 saturated heterocycles. The average Bonchev–Trinajstić information content (AvgIpc) is 3.17. The maximum atomic E-state index is 13.1. The van der Waals surface area contributed by atoms with Crippen molar-refractivity contribution in [1.82, 2.24) is 0 Å². The SMILES string of the molecule is C#CCOc1ccc(/C=C2\CC/C(=C\c3ccc(OCC#C)c(OCC)c3)C2=O)cc1OCC. The highest BCUT2D eigenvalue weighted by molar-refractivity contribution is 6.15. The Balaban J connectivity index is 1.81. The molecule has 0 N–H and O–H groups in total. The first kappa shape index (κ1) is 24.6. The van der Waals surface area contributed by atoms with Gasteiger partial charge in [0.1, 0.15) is 13.2 Å². The minimum Gasteiger partial charge on any atom is -0.490 e. The lowest BCUT2D eigenvalue weighted by Crippen LogP contribution is -2.00. The first-order chi connectivity index (χ1) is 16.6. The standard InChI is InChI=1S/C29H28O5/c1-5-15-33-25-13-9-21(19-27(25)31-7-3)17-23-11-12-24(29(23)30)18-22-10-14-26(34-16-6-2)28(20-22)32-8-4/h1-2,9-10,13-14,17-20H,7-8,11-12,15-16H2,3-4H3/b23-17+,24-18+. The fourth-order valence-corrected chi connectivity index (χ4v) is 3.62. The third-order valence-corrected chi connectivity index (χ3v) is 5.09. The van der Waals surface area contributed by atoms with Crippen molar-refractivity contribution in [2.75, 3.05) is 26.4 Å². The maximum absolute atomic E-state index is 13.1. The van der Waals surface area contributed by atoms with Crippen LogP contribution in [0.2, 0.25) is 0 Å². The van der Waals surface area contributed by atoms with Crippen LogP contribution in [0.4, 0.5) is 0 Å². The molecule has 5 heteroatoms. The molecule has 0 aromatic heterocycles. The van der Waals surface area contributed by atoms with Crippen LogP contribution in [-0.2, 0) is 4.79 Å². The molecule has 0 heterocycles. The fourth-order valence-electron chi connectivity index (χ4n) is 3.62. The molecule has 0 atom stereocenters. The van der Waals surface area contributed by atoms with Crippen molar-refractivity contribution in [2.45, 2.75) is 26.7 Å². The predicted molar refractivity (Wildman–Crippen MR) is 134 cm³/mol. The molecule has 5 nitrogen and oxygen atoms in total. The van der Waals surface area contributed by atoms with Crippen molar-refractivity contribution in [1.29, 1.82) is 0 Å². The van der Waals surface area contributed by atoms with Crippen molar-refractivity contribution in [3.05, 3.63) is 58.7 Å². The lowest BCUT2D eigenvalue weighted by atomic mass is 10.1. The summed E-state index contributed by atoms with van der Waals surface area (Å²) in [6, 6.07) is 11.1. The molecule has 2 aromatic rings. The van der Waals surface area contributed by atoms with E-state index in [2.05, 4.69) is 11.8 Å². The molecule has 1 aliphatic rings. The highest BCUT2D eigenvalue weighted by atomic mass is 16.5. The monoisotopic (exact) mass is 456 g/mol. The zero-order valence-corrected chi connectivity index (χ0v) is 19.6. The van der Waals surface area contributed by atoms with E-state index in [9.17, 15) is 4.79 Å².